The lowest BCUT2D eigenvalue weighted by molar-refractivity contribution is 0.303. The molecule has 1 aromatic carbocycles. The zero-order valence-corrected chi connectivity index (χ0v) is 13.3. The van der Waals surface area contributed by atoms with Crippen molar-refractivity contribution in [3.05, 3.63) is 51.4 Å². The molecule has 21 heavy (non-hydrogen) atoms. The minimum Gasteiger partial charge on any atom is -0.487 e. The first-order chi connectivity index (χ1) is 10.1. The van der Waals surface area contributed by atoms with Gasteiger partial charge in [-0.1, -0.05) is 23.2 Å². The first-order valence-corrected chi connectivity index (χ1v) is 7.77. The normalized spacial score (nSPS) is 14.4. The number of benzene rings is 1. The molecule has 3 nitrogen and oxygen atoms in total. The van der Waals surface area contributed by atoms with Crippen LogP contribution in [0.4, 0.5) is 0 Å². The minimum atomic E-state index is 0.416. The van der Waals surface area contributed by atoms with Gasteiger partial charge < -0.3 is 14.5 Å². The molecule has 0 amide bonds. The highest BCUT2D eigenvalue weighted by Gasteiger charge is 2.21. The summed E-state index contributed by atoms with van der Waals surface area (Å²) >= 11 is 12.0. The number of hydrogen-bond acceptors (Lipinski definition) is 3. The second-order valence-electron chi connectivity index (χ2n) is 5.31. The molecule has 1 fully saturated rings. The third-order valence-corrected chi connectivity index (χ3v) is 4.04. The van der Waals surface area contributed by atoms with E-state index in [1.807, 2.05) is 13.0 Å². The molecule has 0 unspecified atom stereocenters. The average molecular weight is 326 g/mol. The molecule has 1 aliphatic carbocycles. The van der Waals surface area contributed by atoms with E-state index in [0.29, 0.717) is 28.4 Å². The van der Waals surface area contributed by atoms with E-state index in [9.17, 15) is 0 Å². The van der Waals surface area contributed by atoms with Crippen LogP contribution in [-0.2, 0) is 13.2 Å². The lowest BCUT2D eigenvalue weighted by Crippen LogP contribution is -2.14. The van der Waals surface area contributed by atoms with E-state index in [4.69, 9.17) is 32.4 Å². The van der Waals surface area contributed by atoms with E-state index < -0.39 is 0 Å². The first-order valence-electron chi connectivity index (χ1n) is 7.01. The maximum absolute atomic E-state index is 6.08. The highest BCUT2D eigenvalue weighted by atomic mass is 35.5. The van der Waals surface area contributed by atoms with Crippen molar-refractivity contribution in [2.75, 3.05) is 0 Å². The molecule has 1 aliphatic rings. The van der Waals surface area contributed by atoms with Crippen molar-refractivity contribution in [1.82, 2.24) is 5.32 Å². The quantitative estimate of drug-likeness (QED) is 0.834. The number of ether oxygens (including phenoxy) is 1. The first kappa shape index (κ1) is 14.8. The summed E-state index contributed by atoms with van der Waals surface area (Å²) in [5.41, 5.74) is 1.03. The number of furan rings is 1. The van der Waals surface area contributed by atoms with E-state index in [1.54, 1.807) is 18.2 Å². The highest BCUT2D eigenvalue weighted by Crippen LogP contribution is 2.29. The smallest absolute Gasteiger partial charge is 0.139 e. The van der Waals surface area contributed by atoms with E-state index in [1.165, 1.54) is 12.8 Å². The van der Waals surface area contributed by atoms with Crippen molar-refractivity contribution < 1.29 is 9.15 Å². The minimum absolute atomic E-state index is 0.416. The van der Waals surface area contributed by atoms with Crippen molar-refractivity contribution >= 4 is 23.2 Å². The number of hydrogen-bond donors (Lipinski definition) is 1. The van der Waals surface area contributed by atoms with Gasteiger partial charge in [0.05, 0.1) is 11.6 Å². The van der Waals surface area contributed by atoms with Crippen molar-refractivity contribution in [3.63, 3.8) is 0 Å². The number of nitrogens with one attached hydrogen (secondary N) is 1. The molecule has 1 saturated carbocycles. The summed E-state index contributed by atoms with van der Waals surface area (Å²) in [5, 5.41) is 4.59. The van der Waals surface area contributed by atoms with Gasteiger partial charge >= 0.3 is 0 Å². The summed E-state index contributed by atoms with van der Waals surface area (Å²) in [6.07, 6.45) is 2.53. The Morgan fingerprint density at radius 3 is 2.86 bits per heavy atom. The summed E-state index contributed by atoms with van der Waals surface area (Å²) < 4.78 is 11.5. The summed E-state index contributed by atoms with van der Waals surface area (Å²) in [6, 6.07) is 7.88. The number of aryl methyl sites for hydroxylation is 1. The number of halogens is 2. The summed E-state index contributed by atoms with van der Waals surface area (Å²) in [4.78, 5) is 0. The van der Waals surface area contributed by atoms with Gasteiger partial charge in [-0.2, -0.15) is 0 Å². The van der Waals surface area contributed by atoms with Crippen LogP contribution in [0.15, 0.2) is 28.7 Å². The molecule has 5 heteroatoms. The molecule has 0 spiro atoms. The van der Waals surface area contributed by atoms with Crippen molar-refractivity contribution in [1.29, 1.82) is 0 Å². The molecule has 2 aromatic rings. The van der Waals surface area contributed by atoms with Crippen LogP contribution in [0.2, 0.25) is 10.0 Å². The van der Waals surface area contributed by atoms with Gasteiger partial charge in [0.15, 0.2) is 0 Å². The van der Waals surface area contributed by atoms with Crippen LogP contribution in [0.25, 0.3) is 0 Å². The van der Waals surface area contributed by atoms with Gasteiger partial charge in [0.1, 0.15) is 23.9 Å². The van der Waals surface area contributed by atoms with Crippen LogP contribution in [0.3, 0.4) is 0 Å². The fraction of sp³-hybridized carbons (Fsp3) is 0.375. The number of rotatable bonds is 6. The van der Waals surface area contributed by atoms with Gasteiger partial charge in [-0.05, 0) is 38.0 Å². The predicted molar refractivity (Wildman–Crippen MR) is 84.1 cm³/mol. The van der Waals surface area contributed by atoms with E-state index >= 15 is 0 Å². The van der Waals surface area contributed by atoms with Gasteiger partial charge in [0, 0.05) is 22.7 Å². The Morgan fingerprint density at radius 1 is 1.29 bits per heavy atom. The third kappa shape index (κ3) is 3.94. The lowest BCUT2D eigenvalue weighted by Gasteiger charge is -2.07. The molecule has 0 atom stereocenters. The average Bonchev–Trinajstić information content (AvgIpc) is 3.22. The molecule has 0 saturated heterocycles. The van der Waals surface area contributed by atoms with Crippen LogP contribution < -0.4 is 10.1 Å². The Hall–Kier alpha value is -1.16. The second-order valence-corrected chi connectivity index (χ2v) is 6.16. The van der Waals surface area contributed by atoms with Crippen molar-refractivity contribution in [2.24, 2.45) is 0 Å². The van der Waals surface area contributed by atoms with Crippen molar-refractivity contribution in [3.8, 4) is 5.75 Å². The summed E-state index contributed by atoms with van der Waals surface area (Å²) in [6.45, 7) is 3.13. The van der Waals surface area contributed by atoms with Crippen LogP contribution in [-0.4, -0.2) is 6.04 Å². The molecular formula is C16H17Cl2NO2. The molecular weight excluding hydrogens is 309 g/mol. The van der Waals surface area contributed by atoms with Crippen LogP contribution in [0.5, 0.6) is 5.75 Å². The highest BCUT2D eigenvalue weighted by molar-refractivity contribution is 6.34. The lowest BCUT2D eigenvalue weighted by atomic mass is 10.2. The fourth-order valence-electron chi connectivity index (χ4n) is 2.09. The molecule has 3 rings (SSSR count). The third-order valence-electron chi connectivity index (χ3n) is 3.49. The molecule has 0 radical (unpaired) electrons. The van der Waals surface area contributed by atoms with Crippen LogP contribution in [0, 0.1) is 6.92 Å². The molecule has 112 valence electrons. The van der Waals surface area contributed by atoms with Crippen LogP contribution >= 0.6 is 23.2 Å². The Kier molecular flexibility index (Phi) is 4.43. The van der Waals surface area contributed by atoms with Crippen molar-refractivity contribution in [2.45, 2.75) is 39.0 Å². The van der Waals surface area contributed by atoms with Gasteiger partial charge in [-0.15, -0.1) is 0 Å². The maximum atomic E-state index is 6.08. The van der Waals surface area contributed by atoms with Crippen LogP contribution in [0.1, 0.15) is 29.9 Å². The van der Waals surface area contributed by atoms with E-state index in [-0.39, 0.29) is 0 Å². The Bertz CT molecular complexity index is 635. The Labute approximate surface area is 134 Å². The largest absolute Gasteiger partial charge is 0.487 e. The zero-order valence-electron chi connectivity index (χ0n) is 11.8. The summed E-state index contributed by atoms with van der Waals surface area (Å²) in [5.74, 6) is 2.40. The van der Waals surface area contributed by atoms with Gasteiger partial charge in [-0.3, -0.25) is 0 Å². The van der Waals surface area contributed by atoms with Gasteiger partial charge in [-0.25, -0.2) is 0 Å². The van der Waals surface area contributed by atoms with Gasteiger partial charge in [0.2, 0.25) is 0 Å². The Balaban J connectivity index is 1.62. The van der Waals surface area contributed by atoms with E-state index in [2.05, 4.69) is 5.32 Å². The molecule has 1 N–H and O–H groups in total. The molecule has 1 aromatic heterocycles. The van der Waals surface area contributed by atoms with Gasteiger partial charge in [0.25, 0.3) is 0 Å². The maximum Gasteiger partial charge on any atom is 0.139 e. The standard InChI is InChI=1S/C16H17Cl2NO2/c1-10-11(6-14(21-10)8-19-13-3-4-13)9-20-16-7-12(17)2-5-15(16)18/h2,5-7,13,19H,3-4,8-9H2,1H3. The molecule has 0 aliphatic heterocycles. The molecule has 1 heterocycles. The SMILES string of the molecule is Cc1oc(CNC2CC2)cc1COc1cc(Cl)ccc1Cl. The topological polar surface area (TPSA) is 34.4 Å². The second kappa shape index (κ2) is 6.30. The monoisotopic (exact) mass is 325 g/mol. The fourth-order valence-corrected chi connectivity index (χ4v) is 2.43. The molecule has 0 bridgehead atoms. The van der Waals surface area contributed by atoms with E-state index in [0.717, 1.165) is 23.6 Å². The predicted octanol–water partition coefficient (Wildman–Crippen LogP) is 4.73. The Morgan fingerprint density at radius 2 is 2.10 bits per heavy atom. The summed E-state index contributed by atoms with van der Waals surface area (Å²) in [7, 11) is 0. The zero-order chi connectivity index (χ0) is 14.8.